The van der Waals surface area contributed by atoms with Crippen LogP contribution in [0, 0.1) is 11.8 Å². The Labute approximate surface area is 766 Å². The number of carboxylic acid groups (broad SMARTS) is 12. The molecule has 748 valence electrons. The van der Waals surface area contributed by atoms with Gasteiger partial charge in [0.25, 0.3) is 0 Å². The number of aliphatic hydroxyl groups is 2. The summed E-state index contributed by atoms with van der Waals surface area (Å²) in [4.78, 5) is 140. The Morgan fingerprint density at radius 2 is 1.02 bits per heavy atom. The van der Waals surface area contributed by atoms with E-state index in [0.717, 1.165) is 62.0 Å². The minimum Gasteiger partial charge on any atom is -0.480 e. The first-order chi connectivity index (χ1) is 59.8. The average Bonchev–Trinajstić information content (AvgIpc) is 1.67. The van der Waals surface area contributed by atoms with Crippen molar-refractivity contribution in [2.75, 3.05) is 53.4 Å². The van der Waals surface area contributed by atoms with Gasteiger partial charge in [0.15, 0.2) is 0 Å². The van der Waals surface area contributed by atoms with Crippen molar-refractivity contribution in [2.24, 2.45) is 46.2 Å². The Morgan fingerprint density at radius 3 is 1.35 bits per heavy atom. The fraction of sp³-hybridized carbons (Fsp3) is 0.609. The largest absolute Gasteiger partial charge is 0.480 e. The summed E-state index contributed by atoms with van der Waals surface area (Å²) in [5, 5.41) is 141. The molecule has 0 spiro atoms. The highest BCUT2D eigenvalue weighted by molar-refractivity contribution is 5.83. The van der Waals surface area contributed by atoms with Crippen LogP contribution in [0.25, 0.3) is 0 Å². The van der Waals surface area contributed by atoms with E-state index in [1.165, 1.54) is 44.6 Å². The second kappa shape index (κ2) is 72.0. The van der Waals surface area contributed by atoms with Crippen LogP contribution < -0.4 is 76.9 Å². The number of aliphatic carboxylic acids is 12. The molecule has 44 nitrogen and oxygen atoms in total. The van der Waals surface area contributed by atoms with Crippen LogP contribution in [0.2, 0.25) is 0 Å². The van der Waals surface area contributed by atoms with E-state index in [1.54, 1.807) is 20.2 Å². The molecule has 6 aliphatic heterocycles. The zero-order chi connectivity index (χ0) is 96.5. The molecule has 1 saturated carbocycles. The second-order valence-electron chi connectivity index (χ2n) is 31.0. The number of aliphatic hydroxyl groups excluding tert-OH is 2. The maximum Gasteiger partial charge on any atom is 0.323 e. The third-order valence-corrected chi connectivity index (χ3v) is 20.2. The number of aromatic amines is 1. The molecule has 7 heterocycles. The number of primary amides is 1. The number of likely N-dealkylation sites (N-methyl/N-ethyl adjacent to an activating group) is 2. The minimum atomic E-state index is -1.21. The van der Waals surface area contributed by atoms with Crippen molar-refractivity contribution in [3.63, 3.8) is 0 Å². The summed E-state index contributed by atoms with van der Waals surface area (Å²) in [7, 11) is 3.13. The number of β-amino-alcohol motifs (C(OH)–C–C–N with tert-alkyl or cyclic N) is 1. The van der Waals surface area contributed by atoms with Crippen molar-refractivity contribution in [1.29, 1.82) is 0 Å². The number of amides is 1. The van der Waals surface area contributed by atoms with Crippen LogP contribution in [0.1, 0.15) is 182 Å². The molecule has 44 heteroatoms. The monoisotopic (exact) mass is 1870 g/mol. The van der Waals surface area contributed by atoms with Crippen molar-refractivity contribution < 1.29 is 139 Å². The first-order valence-corrected chi connectivity index (χ1v) is 41.4. The number of carboxylic acids is 12. The highest BCUT2D eigenvalue weighted by atomic mass is 16.5. The molecule has 1 aromatic heterocycles. The Bertz CT molecular complexity index is 3800. The van der Waals surface area contributed by atoms with Gasteiger partial charge >= 0.3 is 71.6 Å². The van der Waals surface area contributed by atoms with Gasteiger partial charge in [0.05, 0.1) is 38.2 Å². The number of aromatic nitrogens is 2. The molecule has 7 fully saturated rings. The van der Waals surface area contributed by atoms with Gasteiger partial charge in [0, 0.05) is 69.4 Å². The third-order valence-electron chi connectivity index (χ3n) is 20.2. The molecule has 6 saturated heterocycles. The van der Waals surface area contributed by atoms with Gasteiger partial charge in [-0.1, -0.05) is 167 Å². The van der Waals surface area contributed by atoms with E-state index in [9.17, 15) is 62.3 Å². The molecule has 18 atom stereocenters. The summed E-state index contributed by atoms with van der Waals surface area (Å²) < 4.78 is 5.64. The molecular formula is C87H152N16O28. The van der Waals surface area contributed by atoms with E-state index in [4.69, 9.17) is 105 Å². The third kappa shape index (κ3) is 57.3. The molecule has 3 aromatic carbocycles. The number of nitrogens with one attached hydrogen (secondary N) is 9. The molecule has 7 aliphatic rings. The van der Waals surface area contributed by atoms with Crippen LogP contribution in [-0.2, 0) is 86.5 Å². The minimum absolute atomic E-state index is 0. The summed E-state index contributed by atoms with van der Waals surface area (Å²) in [6, 6.07) is 23.0. The lowest BCUT2D eigenvalue weighted by atomic mass is 9.85. The molecule has 35 N–H and O–H groups in total. The standard InChI is InChI=1S/C12H15NO3.C11H13NO2.C9H15NO2.C9H11NO2.C6H9N3O2.C6H11NO2.2C6H13NO2.C5H10N2O2.C5H9NO3.C4H8N2O3.C4H9NO3.4CH4/c14-12(15)11-6-10(7-13-11)16-8-9-4-2-1-3-5-9;13-11(14)10-6-9(7-12-10)8-4-2-1-3-5-8;11-9(12)8-5-6-3-1-2-4-7(6)10-8;10-8(9(11)12)6-7-4-2-1-3-5-7;7-5(6(10)11)1-4-2-8-3-9-4;1-6(5(8)9)3-2-4-7-6;1-4(2)5(7-3)6(8)9;1-2-3-4-5(7)6(8)9;6-3-1-4(5(8)9)7-2-3;7-3-1-4(5(8)9)6-2-3;5-2(4(8)9)1-3(6)7;1-5-3(2-6)4(7)8;;;;/h1-5,10-11,13H,6-8H2,(H,14,15);1-5,9-10,12H,6-7H2,(H,13,14);6-8,10H,1-5H2,(H,11,12);1-5,8H,6,10H2,(H,11,12);2-3,5H,1,7H2,(H,8,9)(H,10,11);7H,2-4H2,1H3,(H,8,9);4-5,7H,1-3H3,(H,8,9);5H,2-4,7H2,1H3,(H,8,9);3-4,7H,1-2,6H2,(H,8,9);3-4,6-7H,1-2H2,(H,8,9);2H,1,5H2,(H2,6,7)(H,8,9);3,5-6H,2H2,1H3,(H,7,8);4*1H4/t10-,11+;9-,10+;6-,7+,8+;8-;5-;6-;2*5-;2*3-,4+;2-;3-;;;;/m111110011110..../s1. The van der Waals surface area contributed by atoms with Crippen LogP contribution >= 0.6 is 0 Å². The number of carbonyl (C=O) groups is 13. The molecule has 0 unspecified atom stereocenters. The number of unbranched alkanes of at least 4 members (excludes halogenated alkanes) is 1. The molecule has 1 amide bonds. The quantitative estimate of drug-likeness (QED) is 0.0365. The summed E-state index contributed by atoms with van der Waals surface area (Å²) in [5.74, 6) is -10.1. The zero-order valence-electron chi connectivity index (χ0n) is 72.6. The molecule has 131 heavy (non-hydrogen) atoms. The predicted molar refractivity (Wildman–Crippen MR) is 491 cm³/mol. The van der Waals surface area contributed by atoms with Crippen molar-refractivity contribution >= 4 is 77.5 Å². The smallest absolute Gasteiger partial charge is 0.323 e. The van der Waals surface area contributed by atoms with Gasteiger partial charge < -0.3 is 158 Å². The van der Waals surface area contributed by atoms with Gasteiger partial charge in [-0.15, -0.1) is 0 Å². The summed E-state index contributed by atoms with van der Waals surface area (Å²) in [5.41, 5.74) is 34.2. The van der Waals surface area contributed by atoms with Gasteiger partial charge in [-0.25, -0.2) is 4.98 Å². The normalized spacial score (nSPS) is 22.4. The van der Waals surface area contributed by atoms with Crippen molar-refractivity contribution in [2.45, 2.75) is 275 Å². The zero-order valence-corrected chi connectivity index (χ0v) is 72.6. The Kier molecular flexibility index (Phi) is 70.8. The lowest BCUT2D eigenvalue weighted by Crippen LogP contribution is -2.44. The number of H-pyrrole nitrogens is 1. The second-order valence-corrected chi connectivity index (χ2v) is 31.0. The van der Waals surface area contributed by atoms with Gasteiger partial charge in [0.2, 0.25) is 5.91 Å². The summed E-state index contributed by atoms with van der Waals surface area (Å²) in [6.07, 6.45) is 15.1. The number of hydrogen-bond acceptors (Lipinski definition) is 30. The summed E-state index contributed by atoms with van der Waals surface area (Å²) >= 11 is 0. The van der Waals surface area contributed by atoms with Crippen LogP contribution in [0.4, 0.5) is 0 Å². The van der Waals surface area contributed by atoms with E-state index in [2.05, 4.69) is 70.4 Å². The van der Waals surface area contributed by atoms with Gasteiger partial charge in [-0.2, -0.15) is 0 Å². The number of ether oxygens (including phenoxy) is 1. The number of carbonyl (C=O) groups excluding carboxylic acids is 1. The maximum atomic E-state index is 10.7. The van der Waals surface area contributed by atoms with E-state index in [-0.39, 0.29) is 79.3 Å². The fourth-order valence-corrected chi connectivity index (χ4v) is 12.7. The van der Waals surface area contributed by atoms with Crippen molar-refractivity contribution in [3.05, 3.63) is 126 Å². The first-order valence-electron chi connectivity index (χ1n) is 41.4. The van der Waals surface area contributed by atoms with Crippen molar-refractivity contribution in [3.8, 4) is 0 Å². The highest BCUT2D eigenvalue weighted by Crippen LogP contribution is 2.33. The number of rotatable bonds is 29. The van der Waals surface area contributed by atoms with Crippen molar-refractivity contribution in [1.82, 2.24) is 52.5 Å². The highest BCUT2D eigenvalue weighted by Gasteiger charge is 2.39. The van der Waals surface area contributed by atoms with E-state index in [1.807, 2.05) is 99.6 Å². The first kappa shape index (κ1) is 129. The maximum absolute atomic E-state index is 10.7. The predicted octanol–water partition coefficient (Wildman–Crippen LogP) is 1.37. The lowest BCUT2D eigenvalue weighted by Gasteiger charge is -2.24. The molecule has 11 rings (SSSR count). The van der Waals surface area contributed by atoms with Gasteiger partial charge in [-0.05, 0) is 120 Å². The number of hydrogen-bond donors (Lipinski definition) is 29. The SMILES string of the molecule is C.C.C.C.CCCC[C@@H](N)C(=O)O.CN[C@@H](CO)C(=O)O.CN[C@H](C(=O)O)C(C)C.C[C@@]1(C(=O)O)CCCN1.NC(=O)C[C@@H](N)C(=O)O.N[C@H](Cc1ccccc1)C(=O)O.N[C@H](Cc1cnc[nH]1)C(=O)O.N[C@H]1CN[C@H](C(=O)O)C1.O=C(O)[C@@H]1C[C@@H](O)CN1.O=C(O)[C@@H]1C[C@@H](OCc2ccccc2)CN1.O=C(O)[C@@H]1C[C@@H](c2ccccc2)CN1.O=C(O)[C@@H]1C[C@H]2CCCC[C@@H]2N1. The van der Waals surface area contributed by atoms with E-state index >= 15 is 0 Å². The molecular weight excluding hydrogens is 1720 g/mol. The molecule has 4 aromatic rings. The van der Waals surface area contributed by atoms with E-state index < -0.39 is 144 Å². The number of benzene rings is 3. The van der Waals surface area contributed by atoms with Crippen LogP contribution in [0.15, 0.2) is 104 Å². The molecule has 0 radical (unpaired) electrons. The number of nitrogens with two attached hydrogens (primary N) is 6. The molecule has 1 aliphatic carbocycles. The molecule has 0 bridgehead atoms. The number of fused-ring (bicyclic) bond motifs is 1. The topological polar surface area (TPSA) is 795 Å². The van der Waals surface area contributed by atoms with Crippen LogP contribution in [0.3, 0.4) is 0 Å². The average molecular weight is 1870 g/mol. The van der Waals surface area contributed by atoms with E-state index in [0.29, 0.717) is 82.6 Å². The Hall–Kier alpha value is -10.7. The van der Waals surface area contributed by atoms with Crippen LogP contribution in [0.5, 0.6) is 0 Å². The van der Waals surface area contributed by atoms with Gasteiger partial charge in [0.1, 0.15) is 72.0 Å². The van der Waals surface area contributed by atoms with Gasteiger partial charge in [-0.3, -0.25) is 62.3 Å². The Morgan fingerprint density at radius 1 is 0.542 bits per heavy atom. The number of nitrogens with zero attached hydrogens (tertiary/aromatic N) is 1. The Balaban J connectivity index is -0.000000442. The fourth-order valence-electron chi connectivity index (χ4n) is 12.7. The van der Waals surface area contributed by atoms with Crippen LogP contribution in [-0.4, -0.2) is 309 Å². The summed E-state index contributed by atoms with van der Waals surface area (Å²) in [6.45, 7) is 10.9. The number of imidazole rings is 1. The lowest BCUT2D eigenvalue weighted by molar-refractivity contribution is -0.144.